The van der Waals surface area contributed by atoms with E-state index >= 15 is 0 Å². The molecule has 0 saturated heterocycles. The Labute approximate surface area is 134 Å². The van der Waals surface area contributed by atoms with Crippen molar-refractivity contribution in [2.75, 3.05) is 13.1 Å². The van der Waals surface area contributed by atoms with Crippen LogP contribution in [0, 0.1) is 0 Å². The van der Waals surface area contributed by atoms with E-state index < -0.39 is 36.1 Å². The summed E-state index contributed by atoms with van der Waals surface area (Å²) in [7, 11) is 0. The van der Waals surface area contributed by atoms with Crippen LogP contribution in [0.15, 0.2) is 0 Å². The molecule has 23 heavy (non-hydrogen) atoms. The molecule has 0 bridgehead atoms. The van der Waals surface area contributed by atoms with Crippen LogP contribution in [0.25, 0.3) is 0 Å². The topological polar surface area (TPSA) is 236 Å². The highest BCUT2D eigenvalue weighted by Crippen LogP contribution is 1.96. The molecule has 0 rings (SSSR count). The van der Waals surface area contributed by atoms with Crippen molar-refractivity contribution in [3.63, 3.8) is 0 Å². The average Bonchev–Trinajstić information content (AvgIpc) is 2.47. The van der Waals surface area contributed by atoms with Crippen LogP contribution in [-0.4, -0.2) is 69.6 Å². The summed E-state index contributed by atoms with van der Waals surface area (Å²) in [6, 6.07) is -1.87. The molecule has 0 aromatic heterocycles. The van der Waals surface area contributed by atoms with Gasteiger partial charge in [0.05, 0.1) is 12.6 Å². The van der Waals surface area contributed by atoms with Gasteiger partial charge in [0.25, 0.3) is 0 Å². The SMILES string of the molecule is CC(O)C(N)C(=O)O.NCC(=O)O.NCCCCC(N)C(=O)O. The summed E-state index contributed by atoms with van der Waals surface area (Å²) < 4.78 is 0. The maximum atomic E-state index is 10.1. The first-order chi connectivity index (χ1) is 10.5. The van der Waals surface area contributed by atoms with Crippen LogP contribution in [0.3, 0.4) is 0 Å². The quantitative estimate of drug-likeness (QED) is 0.212. The average molecular weight is 340 g/mol. The number of aliphatic hydroxyl groups is 1. The molecule has 0 fully saturated rings. The summed E-state index contributed by atoms with van der Waals surface area (Å²) in [6.07, 6.45) is 1.18. The number of carboxylic acids is 3. The van der Waals surface area contributed by atoms with Gasteiger partial charge in [-0.25, -0.2) is 0 Å². The Hall–Kier alpha value is -1.79. The van der Waals surface area contributed by atoms with Crippen molar-refractivity contribution in [2.45, 2.75) is 44.4 Å². The molecule has 11 heteroatoms. The number of hydrogen-bond acceptors (Lipinski definition) is 8. The molecule has 11 nitrogen and oxygen atoms in total. The zero-order chi connectivity index (χ0) is 19.0. The van der Waals surface area contributed by atoms with Crippen molar-refractivity contribution in [3.8, 4) is 0 Å². The third-order valence-corrected chi connectivity index (χ3v) is 2.27. The van der Waals surface area contributed by atoms with E-state index in [1.807, 2.05) is 0 Å². The normalized spacial score (nSPS) is 13.3. The summed E-state index contributed by atoms with van der Waals surface area (Å²) in [5.74, 6) is -3.08. The van der Waals surface area contributed by atoms with Gasteiger partial charge in [-0.1, -0.05) is 6.42 Å². The highest BCUT2D eigenvalue weighted by atomic mass is 16.4. The molecular formula is C12H28N4O7. The smallest absolute Gasteiger partial charge is 0.323 e. The monoisotopic (exact) mass is 340 g/mol. The van der Waals surface area contributed by atoms with Crippen LogP contribution in [0.5, 0.6) is 0 Å². The number of hydrogen-bond donors (Lipinski definition) is 8. The van der Waals surface area contributed by atoms with E-state index in [-0.39, 0.29) is 6.54 Å². The highest BCUT2D eigenvalue weighted by molar-refractivity contribution is 5.73. The number of unbranched alkanes of at least 4 members (excludes halogenated alkanes) is 1. The summed E-state index contributed by atoms with van der Waals surface area (Å²) in [6.45, 7) is 1.66. The van der Waals surface area contributed by atoms with E-state index in [0.29, 0.717) is 13.0 Å². The number of aliphatic hydroxyl groups excluding tert-OH is 1. The van der Waals surface area contributed by atoms with Crippen molar-refractivity contribution in [2.24, 2.45) is 22.9 Å². The summed E-state index contributed by atoms with van der Waals surface area (Å²) in [5, 5.41) is 32.5. The molecule has 0 aromatic rings. The number of carboxylic acid groups (broad SMARTS) is 3. The van der Waals surface area contributed by atoms with Crippen LogP contribution in [0.1, 0.15) is 26.2 Å². The molecular weight excluding hydrogens is 312 g/mol. The van der Waals surface area contributed by atoms with Crippen LogP contribution < -0.4 is 22.9 Å². The fraction of sp³-hybridized carbons (Fsp3) is 0.750. The molecule has 0 aliphatic rings. The van der Waals surface area contributed by atoms with Crippen molar-refractivity contribution < 1.29 is 34.8 Å². The van der Waals surface area contributed by atoms with Crippen LogP contribution in [-0.2, 0) is 14.4 Å². The Morgan fingerprint density at radius 1 is 0.957 bits per heavy atom. The lowest BCUT2D eigenvalue weighted by Gasteiger charge is -2.06. The van der Waals surface area contributed by atoms with Gasteiger partial charge in [0.2, 0.25) is 0 Å². The van der Waals surface area contributed by atoms with E-state index in [4.69, 9.17) is 37.6 Å². The molecule has 12 N–H and O–H groups in total. The van der Waals surface area contributed by atoms with Crippen LogP contribution in [0.2, 0.25) is 0 Å². The third kappa shape index (κ3) is 22.6. The largest absolute Gasteiger partial charge is 0.480 e. The molecule has 0 heterocycles. The van der Waals surface area contributed by atoms with Gasteiger partial charge in [-0.05, 0) is 26.3 Å². The predicted molar refractivity (Wildman–Crippen MR) is 82.5 cm³/mol. The van der Waals surface area contributed by atoms with E-state index in [2.05, 4.69) is 5.73 Å². The number of carbonyl (C=O) groups is 3. The Balaban J connectivity index is -0.000000276. The molecule has 0 radical (unpaired) electrons. The van der Waals surface area contributed by atoms with Crippen molar-refractivity contribution in [1.29, 1.82) is 0 Å². The molecule has 0 saturated carbocycles. The van der Waals surface area contributed by atoms with Crippen molar-refractivity contribution in [1.82, 2.24) is 0 Å². The second-order valence-corrected chi connectivity index (χ2v) is 4.43. The lowest BCUT2D eigenvalue weighted by atomic mass is 10.1. The first-order valence-electron chi connectivity index (χ1n) is 6.77. The fourth-order valence-electron chi connectivity index (χ4n) is 0.838. The van der Waals surface area contributed by atoms with Crippen LogP contribution >= 0.6 is 0 Å². The maximum absolute atomic E-state index is 10.1. The van der Waals surface area contributed by atoms with Gasteiger partial charge in [0.1, 0.15) is 12.1 Å². The lowest BCUT2D eigenvalue weighted by Crippen LogP contribution is -2.39. The van der Waals surface area contributed by atoms with Gasteiger partial charge in [0.15, 0.2) is 0 Å². The van der Waals surface area contributed by atoms with Gasteiger partial charge in [0, 0.05) is 0 Å². The summed E-state index contributed by atoms with van der Waals surface area (Å²) in [4.78, 5) is 29.2. The van der Waals surface area contributed by atoms with Crippen LogP contribution in [0.4, 0.5) is 0 Å². The zero-order valence-corrected chi connectivity index (χ0v) is 13.1. The minimum absolute atomic E-state index is 0.278. The molecule has 0 spiro atoms. The fourth-order valence-corrected chi connectivity index (χ4v) is 0.838. The lowest BCUT2D eigenvalue weighted by molar-refractivity contribution is -0.141. The Kier molecular flexibility index (Phi) is 18.8. The Morgan fingerprint density at radius 3 is 1.57 bits per heavy atom. The standard InChI is InChI=1S/C6H14N2O2.C4H9NO3.C2H5NO2/c7-4-2-1-3-5(8)6(9)10;1-2(6)3(5)4(7)8;3-1-2(4)5/h5H,1-4,7-8H2,(H,9,10);2-3,6H,5H2,1H3,(H,7,8);1,3H2,(H,4,5). The van der Waals surface area contributed by atoms with Crippen molar-refractivity contribution >= 4 is 17.9 Å². The molecule has 3 atom stereocenters. The number of rotatable bonds is 8. The minimum atomic E-state index is -1.18. The van der Waals surface area contributed by atoms with Crippen molar-refractivity contribution in [3.05, 3.63) is 0 Å². The molecule has 138 valence electrons. The number of nitrogens with two attached hydrogens (primary N) is 4. The van der Waals surface area contributed by atoms with E-state index in [1.165, 1.54) is 6.92 Å². The van der Waals surface area contributed by atoms with E-state index in [0.717, 1.165) is 12.8 Å². The molecule has 0 amide bonds. The summed E-state index contributed by atoms with van der Waals surface area (Å²) in [5.41, 5.74) is 19.9. The van der Waals surface area contributed by atoms with Gasteiger partial charge < -0.3 is 43.4 Å². The second kappa shape index (κ2) is 16.6. The maximum Gasteiger partial charge on any atom is 0.323 e. The molecule has 0 aromatic carbocycles. The van der Waals surface area contributed by atoms with Gasteiger partial charge in [-0.3, -0.25) is 14.4 Å². The predicted octanol–water partition coefficient (Wildman–Crippen LogP) is -2.66. The Bertz CT molecular complexity index is 339. The van der Waals surface area contributed by atoms with E-state index in [1.54, 1.807) is 0 Å². The zero-order valence-electron chi connectivity index (χ0n) is 13.1. The third-order valence-electron chi connectivity index (χ3n) is 2.27. The molecule has 0 aliphatic carbocycles. The van der Waals surface area contributed by atoms with Gasteiger partial charge in [-0.2, -0.15) is 0 Å². The second-order valence-electron chi connectivity index (χ2n) is 4.43. The summed E-state index contributed by atoms with van der Waals surface area (Å²) >= 11 is 0. The Morgan fingerprint density at radius 2 is 1.39 bits per heavy atom. The number of aliphatic carboxylic acids is 3. The van der Waals surface area contributed by atoms with E-state index in [9.17, 15) is 14.4 Å². The van der Waals surface area contributed by atoms with Gasteiger partial charge >= 0.3 is 17.9 Å². The molecule has 0 aliphatic heterocycles. The first kappa shape index (κ1) is 26.1. The minimum Gasteiger partial charge on any atom is -0.480 e. The van der Waals surface area contributed by atoms with Gasteiger partial charge in [-0.15, -0.1) is 0 Å². The molecule has 3 unspecified atom stereocenters. The first-order valence-corrected chi connectivity index (χ1v) is 6.77. The highest BCUT2D eigenvalue weighted by Gasteiger charge is 2.16.